The molecule has 1 atom stereocenters. The highest BCUT2D eigenvalue weighted by molar-refractivity contribution is 6.31. The van der Waals surface area contributed by atoms with Crippen LogP contribution in [0.4, 0.5) is 0 Å². The van der Waals surface area contributed by atoms with Crippen LogP contribution in [0.15, 0.2) is 24.3 Å². The lowest BCUT2D eigenvalue weighted by Crippen LogP contribution is -2.53. The van der Waals surface area contributed by atoms with Crippen LogP contribution in [0.1, 0.15) is 31.4 Å². The molecule has 1 amide bonds. The van der Waals surface area contributed by atoms with Crippen molar-refractivity contribution in [2.24, 2.45) is 5.92 Å². The molecular formula is C15H20Cl2N2O. The lowest BCUT2D eigenvalue weighted by Gasteiger charge is -2.36. The summed E-state index contributed by atoms with van der Waals surface area (Å²) in [5.74, 6) is 0.444. The molecule has 1 saturated heterocycles. The van der Waals surface area contributed by atoms with Gasteiger partial charge in [0.05, 0.1) is 12.0 Å². The second-order valence-corrected chi connectivity index (χ2v) is 5.94. The van der Waals surface area contributed by atoms with E-state index in [4.69, 9.17) is 11.6 Å². The number of amides is 1. The summed E-state index contributed by atoms with van der Waals surface area (Å²) in [6.45, 7) is 3.72. The molecule has 110 valence electrons. The van der Waals surface area contributed by atoms with E-state index in [1.54, 1.807) is 0 Å². The molecule has 0 bridgehead atoms. The minimum atomic E-state index is 0. The van der Waals surface area contributed by atoms with Crippen molar-refractivity contribution < 1.29 is 4.79 Å². The van der Waals surface area contributed by atoms with Gasteiger partial charge in [0.1, 0.15) is 0 Å². The van der Waals surface area contributed by atoms with Gasteiger partial charge in [0.2, 0.25) is 5.91 Å². The van der Waals surface area contributed by atoms with Crippen LogP contribution < -0.4 is 5.32 Å². The molecule has 1 heterocycles. The first-order valence-corrected chi connectivity index (χ1v) is 7.33. The van der Waals surface area contributed by atoms with Crippen LogP contribution in [0.3, 0.4) is 0 Å². The van der Waals surface area contributed by atoms with Gasteiger partial charge in [-0.3, -0.25) is 4.79 Å². The lowest BCUT2D eigenvalue weighted by molar-refractivity contribution is -0.140. The molecule has 0 radical (unpaired) electrons. The van der Waals surface area contributed by atoms with E-state index < -0.39 is 0 Å². The van der Waals surface area contributed by atoms with Crippen molar-refractivity contribution in [3.05, 3.63) is 34.9 Å². The fourth-order valence-electron chi connectivity index (χ4n) is 2.68. The minimum absolute atomic E-state index is 0. The number of carbonyl (C=O) groups is 1. The van der Waals surface area contributed by atoms with E-state index in [0.717, 1.165) is 36.5 Å². The van der Waals surface area contributed by atoms with E-state index in [1.165, 1.54) is 0 Å². The molecule has 1 N–H and O–H groups in total. The first-order chi connectivity index (χ1) is 9.18. The molecule has 1 aliphatic heterocycles. The second-order valence-electron chi connectivity index (χ2n) is 5.53. The lowest BCUT2D eigenvalue weighted by atomic mass is 9.98. The fourth-order valence-corrected chi connectivity index (χ4v) is 2.97. The van der Waals surface area contributed by atoms with Gasteiger partial charge in [-0.25, -0.2) is 0 Å². The number of hydrogen-bond donors (Lipinski definition) is 1. The molecule has 3 rings (SSSR count). The Kier molecular flexibility index (Phi) is 4.95. The number of rotatable bonds is 4. The molecule has 20 heavy (non-hydrogen) atoms. The number of carbonyl (C=O) groups excluding carboxylic acids is 1. The Balaban J connectivity index is 0.00000147. The average molecular weight is 315 g/mol. The standard InChI is InChI=1S/C15H19ClN2O.ClH/c1-10(13-4-2-3-5-14(13)16)18(12-6-7-12)15(19)11-8-17-9-11;/h2-5,10-12,17H,6-9H2,1H3;1H. The summed E-state index contributed by atoms with van der Waals surface area (Å²) in [5, 5.41) is 3.92. The zero-order valence-corrected chi connectivity index (χ0v) is 13.1. The normalized spacial score (nSPS) is 19.7. The van der Waals surface area contributed by atoms with Gasteiger partial charge in [-0.2, -0.15) is 0 Å². The SMILES string of the molecule is CC(c1ccccc1Cl)N(C(=O)C1CNC1)C1CC1.Cl. The van der Waals surface area contributed by atoms with Crippen LogP contribution in [0.2, 0.25) is 5.02 Å². The summed E-state index contributed by atoms with van der Waals surface area (Å²) in [4.78, 5) is 14.6. The van der Waals surface area contributed by atoms with Crippen molar-refractivity contribution in [1.82, 2.24) is 10.2 Å². The van der Waals surface area contributed by atoms with E-state index in [1.807, 2.05) is 24.3 Å². The Morgan fingerprint density at radius 3 is 2.50 bits per heavy atom. The van der Waals surface area contributed by atoms with Gasteiger partial charge in [0, 0.05) is 24.2 Å². The average Bonchev–Trinajstić information content (AvgIpc) is 3.12. The maximum absolute atomic E-state index is 12.6. The van der Waals surface area contributed by atoms with E-state index in [0.29, 0.717) is 6.04 Å². The number of nitrogens with one attached hydrogen (secondary N) is 1. The fraction of sp³-hybridized carbons (Fsp3) is 0.533. The quantitative estimate of drug-likeness (QED) is 0.926. The molecule has 2 aliphatic rings. The first-order valence-electron chi connectivity index (χ1n) is 6.96. The van der Waals surface area contributed by atoms with Gasteiger partial charge in [-0.1, -0.05) is 29.8 Å². The van der Waals surface area contributed by atoms with E-state index in [9.17, 15) is 4.79 Å². The number of nitrogens with zero attached hydrogens (tertiary/aromatic N) is 1. The molecule has 5 heteroatoms. The zero-order chi connectivity index (χ0) is 13.4. The minimum Gasteiger partial charge on any atom is -0.333 e. The third kappa shape index (κ3) is 2.95. The van der Waals surface area contributed by atoms with Crippen molar-refractivity contribution in [3.8, 4) is 0 Å². The van der Waals surface area contributed by atoms with Crippen LogP contribution in [0.25, 0.3) is 0 Å². The molecule has 1 aliphatic carbocycles. The van der Waals surface area contributed by atoms with Gasteiger partial charge in [-0.05, 0) is 31.4 Å². The van der Waals surface area contributed by atoms with Gasteiger partial charge < -0.3 is 10.2 Å². The molecule has 2 fully saturated rings. The van der Waals surface area contributed by atoms with Crippen LogP contribution >= 0.6 is 24.0 Å². The Bertz CT molecular complexity index is 487. The van der Waals surface area contributed by atoms with Gasteiger partial charge in [0.25, 0.3) is 0 Å². The Hall–Kier alpha value is -0.770. The highest BCUT2D eigenvalue weighted by Crippen LogP contribution is 2.37. The summed E-state index contributed by atoms with van der Waals surface area (Å²) in [7, 11) is 0. The van der Waals surface area contributed by atoms with Crippen molar-refractivity contribution >= 4 is 29.9 Å². The Morgan fingerprint density at radius 1 is 1.35 bits per heavy atom. The van der Waals surface area contributed by atoms with Gasteiger partial charge >= 0.3 is 0 Å². The maximum Gasteiger partial charge on any atom is 0.229 e. The summed E-state index contributed by atoms with van der Waals surface area (Å²) >= 11 is 6.27. The number of hydrogen-bond acceptors (Lipinski definition) is 2. The highest BCUT2D eigenvalue weighted by Gasteiger charge is 2.40. The number of benzene rings is 1. The summed E-state index contributed by atoms with van der Waals surface area (Å²) < 4.78 is 0. The summed E-state index contributed by atoms with van der Waals surface area (Å²) in [6.07, 6.45) is 2.25. The first kappa shape index (κ1) is 15.6. The molecule has 1 saturated carbocycles. The van der Waals surface area contributed by atoms with Crippen molar-refractivity contribution in [2.75, 3.05) is 13.1 Å². The third-order valence-corrected chi connectivity index (χ3v) is 4.44. The van der Waals surface area contributed by atoms with E-state index >= 15 is 0 Å². The van der Waals surface area contributed by atoms with Gasteiger partial charge in [-0.15, -0.1) is 12.4 Å². The second kappa shape index (κ2) is 6.33. The predicted molar refractivity (Wildman–Crippen MR) is 83.3 cm³/mol. The van der Waals surface area contributed by atoms with Crippen LogP contribution in [-0.2, 0) is 4.79 Å². The molecule has 1 aromatic carbocycles. The smallest absolute Gasteiger partial charge is 0.229 e. The largest absolute Gasteiger partial charge is 0.333 e. The van der Waals surface area contributed by atoms with E-state index in [2.05, 4.69) is 17.1 Å². The maximum atomic E-state index is 12.6. The molecular weight excluding hydrogens is 295 g/mol. The van der Waals surface area contributed by atoms with E-state index in [-0.39, 0.29) is 30.3 Å². The predicted octanol–water partition coefficient (Wildman–Crippen LogP) is 3.03. The van der Waals surface area contributed by atoms with Crippen LogP contribution in [-0.4, -0.2) is 29.9 Å². The van der Waals surface area contributed by atoms with Crippen LogP contribution in [0, 0.1) is 5.92 Å². The molecule has 0 aromatic heterocycles. The third-order valence-electron chi connectivity index (χ3n) is 4.10. The monoisotopic (exact) mass is 314 g/mol. The molecule has 1 aromatic rings. The molecule has 1 unspecified atom stereocenters. The summed E-state index contributed by atoms with van der Waals surface area (Å²) in [5.41, 5.74) is 1.05. The van der Waals surface area contributed by atoms with Crippen LogP contribution in [0.5, 0.6) is 0 Å². The zero-order valence-electron chi connectivity index (χ0n) is 11.5. The molecule has 0 spiro atoms. The Morgan fingerprint density at radius 2 is 2.00 bits per heavy atom. The number of halogens is 2. The molecule has 3 nitrogen and oxygen atoms in total. The highest BCUT2D eigenvalue weighted by atomic mass is 35.5. The Labute approximate surface area is 131 Å². The summed E-state index contributed by atoms with van der Waals surface area (Å²) in [6, 6.07) is 8.31. The topological polar surface area (TPSA) is 32.3 Å². The van der Waals surface area contributed by atoms with Crippen molar-refractivity contribution in [1.29, 1.82) is 0 Å². The van der Waals surface area contributed by atoms with Crippen molar-refractivity contribution in [2.45, 2.75) is 31.8 Å². The van der Waals surface area contributed by atoms with Gasteiger partial charge in [0.15, 0.2) is 0 Å². The van der Waals surface area contributed by atoms with Crippen molar-refractivity contribution in [3.63, 3.8) is 0 Å².